The molecule has 3 aromatic rings. The second-order valence-electron chi connectivity index (χ2n) is 9.58. The summed E-state index contributed by atoms with van der Waals surface area (Å²) in [5, 5.41) is 8.46. The van der Waals surface area contributed by atoms with Gasteiger partial charge in [-0.2, -0.15) is 4.98 Å². The van der Waals surface area contributed by atoms with Crippen LogP contribution in [-0.2, 0) is 6.42 Å². The van der Waals surface area contributed by atoms with Crippen LogP contribution in [0.25, 0.3) is 10.9 Å². The second-order valence-corrected chi connectivity index (χ2v) is 9.58. The molecule has 0 unspecified atom stereocenters. The molecular weight excluding hydrogens is 438 g/mol. The summed E-state index contributed by atoms with van der Waals surface area (Å²) in [7, 11) is 7.42. The molecule has 1 aliphatic rings. The number of unbranched alkanes of at least 4 members (excludes halogenated alkanes) is 1. The smallest absolute Gasteiger partial charge is 0.225 e. The van der Waals surface area contributed by atoms with Crippen molar-refractivity contribution in [2.75, 3.05) is 45.1 Å². The lowest BCUT2D eigenvalue weighted by molar-refractivity contribution is 0.351. The summed E-state index contributed by atoms with van der Waals surface area (Å²) >= 11 is 0. The van der Waals surface area contributed by atoms with Gasteiger partial charge in [0.15, 0.2) is 11.5 Å². The summed E-state index contributed by atoms with van der Waals surface area (Å²) in [5.74, 6) is 3.29. The highest BCUT2D eigenvalue weighted by atomic mass is 16.5. The minimum atomic E-state index is 0.425. The van der Waals surface area contributed by atoms with Crippen molar-refractivity contribution in [3.05, 3.63) is 48.0 Å². The van der Waals surface area contributed by atoms with Gasteiger partial charge in [0, 0.05) is 31.6 Å². The van der Waals surface area contributed by atoms with Crippen LogP contribution in [0.3, 0.4) is 0 Å². The lowest BCUT2D eigenvalue weighted by atomic mass is 9.91. The van der Waals surface area contributed by atoms with Crippen LogP contribution in [0, 0.1) is 0 Å². The largest absolute Gasteiger partial charge is 0.493 e. The van der Waals surface area contributed by atoms with Crippen molar-refractivity contribution in [3.63, 3.8) is 0 Å². The van der Waals surface area contributed by atoms with Crippen molar-refractivity contribution in [2.24, 2.45) is 0 Å². The summed E-state index contributed by atoms with van der Waals surface area (Å²) in [5.41, 5.74) is 2.28. The van der Waals surface area contributed by atoms with Gasteiger partial charge in [0.1, 0.15) is 5.82 Å². The first-order valence-corrected chi connectivity index (χ1v) is 12.7. The molecule has 35 heavy (non-hydrogen) atoms. The van der Waals surface area contributed by atoms with E-state index in [-0.39, 0.29) is 0 Å². The minimum Gasteiger partial charge on any atom is -0.493 e. The highest BCUT2D eigenvalue weighted by molar-refractivity contribution is 5.90. The van der Waals surface area contributed by atoms with E-state index in [9.17, 15) is 0 Å². The van der Waals surface area contributed by atoms with Gasteiger partial charge in [0.05, 0.1) is 19.7 Å². The number of anilines is 2. The standard InChI is InChI=1S/C28H39N5O2/c1-33(2)27-23-10-5-6-11-24(23)31-28(32-27)30-22-15-13-21(14-16-22)29-18-8-7-9-20-12-17-25(34-3)26(19-20)35-4/h5-6,10-12,17,19,21-22,29H,7-9,13-16,18H2,1-4H3,(H,30,31,32)/t21-,22+. The maximum atomic E-state index is 5.41. The maximum Gasteiger partial charge on any atom is 0.225 e. The molecule has 7 heteroatoms. The van der Waals surface area contributed by atoms with Crippen LogP contribution in [0.2, 0.25) is 0 Å². The molecule has 1 heterocycles. The molecule has 0 amide bonds. The van der Waals surface area contributed by atoms with E-state index in [0.29, 0.717) is 12.1 Å². The van der Waals surface area contributed by atoms with Gasteiger partial charge in [-0.15, -0.1) is 0 Å². The van der Waals surface area contributed by atoms with Gasteiger partial charge in [0.2, 0.25) is 5.95 Å². The number of ether oxygens (including phenoxy) is 2. The molecule has 1 aromatic heterocycles. The Morgan fingerprint density at radius 3 is 2.37 bits per heavy atom. The number of hydrogen-bond donors (Lipinski definition) is 2. The third kappa shape index (κ3) is 6.54. The molecule has 188 valence electrons. The molecule has 0 radical (unpaired) electrons. The van der Waals surface area contributed by atoms with Crippen LogP contribution in [0.1, 0.15) is 44.1 Å². The average Bonchev–Trinajstić information content (AvgIpc) is 2.88. The first-order chi connectivity index (χ1) is 17.1. The van der Waals surface area contributed by atoms with Crippen LogP contribution in [0.15, 0.2) is 42.5 Å². The summed E-state index contributed by atoms with van der Waals surface area (Å²) in [6.07, 6.45) is 8.02. The monoisotopic (exact) mass is 477 g/mol. The van der Waals surface area contributed by atoms with Crippen LogP contribution in [-0.4, -0.2) is 56.9 Å². The normalized spacial score (nSPS) is 17.8. The van der Waals surface area contributed by atoms with Gasteiger partial charge in [-0.3, -0.25) is 0 Å². The van der Waals surface area contributed by atoms with Crippen molar-refractivity contribution >= 4 is 22.7 Å². The van der Waals surface area contributed by atoms with Gasteiger partial charge in [-0.1, -0.05) is 18.2 Å². The molecule has 2 N–H and O–H groups in total. The maximum absolute atomic E-state index is 5.41. The number of fused-ring (bicyclic) bond motifs is 1. The molecule has 7 nitrogen and oxygen atoms in total. The third-order valence-corrected chi connectivity index (χ3v) is 6.84. The molecule has 0 bridgehead atoms. The molecule has 1 fully saturated rings. The predicted octanol–water partition coefficient (Wildman–Crippen LogP) is 5.05. The van der Waals surface area contributed by atoms with E-state index >= 15 is 0 Å². The molecule has 0 spiro atoms. The Morgan fingerprint density at radius 1 is 0.886 bits per heavy atom. The van der Waals surface area contributed by atoms with E-state index in [1.54, 1.807) is 14.2 Å². The highest BCUT2D eigenvalue weighted by Crippen LogP contribution is 2.28. The predicted molar refractivity (Wildman–Crippen MR) is 144 cm³/mol. The fourth-order valence-corrected chi connectivity index (χ4v) is 4.89. The fraction of sp³-hybridized carbons (Fsp3) is 0.500. The number of hydrogen-bond acceptors (Lipinski definition) is 7. The SMILES string of the molecule is COc1ccc(CCCCN[C@H]2CC[C@@H](Nc3nc(N(C)C)c4ccccc4n3)CC2)cc1OC. The van der Waals surface area contributed by atoms with Gasteiger partial charge < -0.3 is 25.0 Å². The van der Waals surface area contributed by atoms with E-state index in [2.05, 4.69) is 39.8 Å². The summed E-state index contributed by atoms with van der Waals surface area (Å²) in [6, 6.07) is 15.4. The number of aromatic nitrogens is 2. The number of para-hydroxylation sites is 1. The Labute approximate surface area is 209 Å². The Hall–Kier alpha value is -3.06. The van der Waals surface area contributed by atoms with Gasteiger partial charge in [0.25, 0.3) is 0 Å². The van der Waals surface area contributed by atoms with E-state index in [0.717, 1.165) is 66.4 Å². The number of aryl methyl sites for hydroxylation is 1. The van der Waals surface area contributed by atoms with E-state index in [1.165, 1.54) is 24.8 Å². The lowest BCUT2D eigenvalue weighted by Gasteiger charge is -2.30. The van der Waals surface area contributed by atoms with Crippen molar-refractivity contribution in [1.82, 2.24) is 15.3 Å². The van der Waals surface area contributed by atoms with Gasteiger partial charge >= 0.3 is 0 Å². The Bertz CT molecular complexity index is 1100. The summed E-state index contributed by atoms with van der Waals surface area (Å²) in [4.78, 5) is 11.6. The highest BCUT2D eigenvalue weighted by Gasteiger charge is 2.22. The van der Waals surface area contributed by atoms with E-state index in [4.69, 9.17) is 19.4 Å². The van der Waals surface area contributed by atoms with Gasteiger partial charge in [-0.05, 0) is 81.3 Å². The summed E-state index contributed by atoms with van der Waals surface area (Å²) in [6.45, 7) is 1.07. The van der Waals surface area contributed by atoms with E-state index < -0.39 is 0 Å². The topological polar surface area (TPSA) is 71.5 Å². The second kappa shape index (κ2) is 12.1. The van der Waals surface area contributed by atoms with E-state index in [1.807, 2.05) is 32.3 Å². The molecule has 4 rings (SSSR count). The molecule has 1 aliphatic carbocycles. The summed E-state index contributed by atoms with van der Waals surface area (Å²) < 4.78 is 10.7. The number of nitrogens with one attached hydrogen (secondary N) is 2. The Balaban J connectivity index is 1.19. The van der Waals surface area contributed by atoms with Crippen LogP contribution >= 0.6 is 0 Å². The fourth-order valence-electron chi connectivity index (χ4n) is 4.89. The minimum absolute atomic E-state index is 0.425. The van der Waals surface area contributed by atoms with Crippen molar-refractivity contribution in [2.45, 2.75) is 57.0 Å². The number of benzene rings is 2. The number of rotatable bonds is 11. The molecule has 0 saturated heterocycles. The Morgan fingerprint density at radius 2 is 1.63 bits per heavy atom. The first-order valence-electron chi connectivity index (χ1n) is 12.7. The first kappa shape index (κ1) is 25.0. The zero-order valence-corrected chi connectivity index (χ0v) is 21.5. The molecular formula is C28H39N5O2. The number of nitrogens with zero attached hydrogens (tertiary/aromatic N) is 3. The van der Waals surface area contributed by atoms with Gasteiger partial charge in [-0.25, -0.2) is 4.98 Å². The van der Waals surface area contributed by atoms with Crippen LogP contribution in [0.5, 0.6) is 11.5 Å². The van der Waals surface area contributed by atoms with Crippen LogP contribution < -0.4 is 25.0 Å². The van der Waals surface area contributed by atoms with Crippen molar-refractivity contribution in [3.8, 4) is 11.5 Å². The van der Waals surface area contributed by atoms with Crippen molar-refractivity contribution < 1.29 is 9.47 Å². The molecule has 0 aliphatic heterocycles. The number of methoxy groups -OCH3 is 2. The third-order valence-electron chi connectivity index (χ3n) is 6.84. The molecule has 1 saturated carbocycles. The quantitative estimate of drug-likeness (QED) is 0.375. The van der Waals surface area contributed by atoms with Crippen LogP contribution in [0.4, 0.5) is 11.8 Å². The zero-order chi connectivity index (χ0) is 24.6. The zero-order valence-electron chi connectivity index (χ0n) is 21.5. The Kier molecular flexibility index (Phi) is 8.64. The average molecular weight is 478 g/mol. The molecule has 0 atom stereocenters. The van der Waals surface area contributed by atoms with Crippen molar-refractivity contribution in [1.29, 1.82) is 0 Å². The lowest BCUT2D eigenvalue weighted by Crippen LogP contribution is -2.37. The molecule has 2 aromatic carbocycles.